The third-order valence-electron chi connectivity index (χ3n) is 5.72. The molecule has 0 fully saturated rings. The number of fused-ring (bicyclic) bond motifs is 1. The van der Waals surface area contributed by atoms with Gasteiger partial charge in [-0.1, -0.05) is 12.1 Å². The van der Waals surface area contributed by atoms with Crippen LogP contribution in [0.3, 0.4) is 0 Å². The Kier molecular flexibility index (Phi) is 8.28. The normalized spacial score (nSPS) is 12.9. The molecule has 0 saturated heterocycles. The maximum Gasteiger partial charge on any atom is 0.273 e. The van der Waals surface area contributed by atoms with Crippen LogP contribution in [0.2, 0.25) is 0 Å². The molecular formula is C25H27N5O7S. The second-order valence-corrected chi connectivity index (χ2v) is 8.87. The van der Waals surface area contributed by atoms with Crippen LogP contribution in [-0.4, -0.2) is 62.7 Å². The van der Waals surface area contributed by atoms with Gasteiger partial charge in [-0.05, 0) is 41.4 Å². The summed E-state index contributed by atoms with van der Waals surface area (Å²) in [5.41, 5.74) is 11.9. The van der Waals surface area contributed by atoms with Gasteiger partial charge in [-0.15, -0.1) is 0 Å². The third kappa shape index (κ3) is 5.48. The van der Waals surface area contributed by atoms with Crippen LogP contribution in [0.4, 0.5) is 11.4 Å². The first kappa shape index (κ1) is 26.7. The number of amides is 3. The van der Waals surface area contributed by atoms with Crippen molar-refractivity contribution in [1.82, 2.24) is 9.69 Å². The van der Waals surface area contributed by atoms with E-state index in [0.717, 1.165) is 11.5 Å². The average molecular weight is 542 g/mol. The summed E-state index contributed by atoms with van der Waals surface area (Å²) in [6.07, 6.45) is 0. The molecule has 1 aromatic heterocycles. The van der Waals surface area contributed by atoms with Crippen LogP contribution in [-0.2, 0) is 9.53 Å². The van der Waals surface area contributed by atoms with E-state index in [-0.39, 0.29) is 29.4 Å². The molecule has 38 heavy (non-hydrogen) atoms. The van der Waals surface area contributed by atoms with E-state index in [9.17, 15) is 14.4 Å². The number of primary amides is 1. The minimum Gasteiger partial charge on any atom is -0.497 e. The van der Waals surface area contributed by atoms with Gasteiger partial charge in [0.15, 0.2) is 17.2 Å². The first-order valence-electron chi connectivity index (χ1n) is 11.5. The Balaban J connectivity index is 1.87. The highest BCUT2D eigenvalue weighted by Crippen LogP contribution is 2.39. The lowest BCUT2D eigenvalue weighted by Gasteiger charge is -2.32. The van der Waals surface area contributed by atoms with E-state index in [1.165, 1.54) is 19.1 Å². The Morgan fingerprint density at radius 1 is 1.11 bits per heavy atom. The van der Waals surface area contributed by atoms with E-state index in [0.29, 0.717) is 41.7 Å². The highest BCUT2D eigenvalue weighted by molar-refractivity contribution is 7.09. The Bertz CT molecular complexity index is 1330. The summed E-state index contributed by atoms with van der Waals surface area (Å²) in [4.78, 5) is 40.8. The minimum atomic E-state index is -1.16. The van der Waals surface area contributed by atoms with Crippen molar-refractivity contribution >= 4 is 40.6 Å². The molecule has 0 saturated carbocycles. The number of nitrogens with two attached hydrogens (primary N) is 2. The monoisotopic (exact) mass is 541 g/mol. The van der Waals surface area contributed by atoms with Gasteiger partial charge in [0.25, 0.3) is 11.8 Å². The molecule has 0 bridgehead atoms. The number of anilines is 2. The van der Waals surface area contributed by atoms with Crippen molar-refractivity contribution in [2.75, 3.05) is 51.2 Å². The van der Waals surface area contributed by atoms with Crippen LogP contribution in [0.1, 0.15) is 31.8 Å². The van der Waals surface area contributed by atoms with Crippen molar-refractivity contribution in [3.05, 3.63) is 58.6 Å². The van der Waals surface area contributed by atoms with Crippen molar-refractivity contribution in [3.8, 4) is 17.2 Å². The van der Waals surface area contributed by atoms with Crippen LogP contribution in [0, 0.1) is 0 Å². The number of rotatable bonds is 10. The largest absolute Gasteiger partial charge is 0.497 e. The van der Waals surface area contributed by atoms with Crippen LogP contribution in [0.15, 0.2) is 42.5 Å². The molecule has 1 aliphatic rings. The second kappa shape index (κ2) is 11.8. The number of nitrogen functional groups attached to an aromatic ring is 1. The summed E-state index contributed by atoms with van der Waals surface area (Å²) < 4.78 is 25.6. The molecule has 1 aliphatic heterocycles. The van der Waals surface area contributed by atoms with Crippen LogP contribution in [0.5, 0.6) is 17.2 Å². The SMILES string of the molecule is COCCNC(=O)[C@H](c1ccc(OC)cc1)N(C(=O)c1snc(C(N)=O)c1N)c1ccc2c(c1)OCCO2. The molecule has 2 aromatic carbocycles. The van der Waals surface area contributed by atoms with E-state index < -0.39 is 23.8 Å². The van der Waals surface area contributed by atoms with Gasteiger partial charge in [0, 0.05) is 25.4 Å². The summed E-state index contributed by atoms with van der Waals surface area (Å²) in [7, 11) is 3.04. The first-order valence-corrected chi connectivity index (χ1v) is 12.3. The zero-order valence-electron chi connectivity index (χ0n) is 20.8. The summed E-state index contributed by atoms with van der Waals surface area (Å²) in [6, 6.07) is 10.5. The van der Waals surface area contributed by atoms with Gasteiger partial charge >= 0.3 is 0 Å². The molecule has 3 amide bonds. The standard InChI is InChI=1S/C25H27N5O7S/c1-34-10-9-28-24(32)21(14-3-6-16(35-2)7-4-14)30(15-5-8-17-18(13-15)37-12-11-36-17)25(33)22-19(26)20(23(27)31)29-38-22/h3-8,13,21H,9-12,26H2,1-2H3,(H2,27,31)(H,28,32)/t21-/m0/s1. The van der Waals surface area contributed by atoms with Crippen molar-refractivity contribution in [3.63, 3.8) is 0 Å². The van der Waals surface area contributed by atoms with Gasteiger partial charge in [0.2, 0.25) is 5.91 Å². The van der Waals surface area contributed by atoms with Crippen LogP contribution in [0.25, 0.3) is 0 Å². The van der Waals surface area contributed by atoms with Crippen LogP contribution < -0.4 is 35.9 Å². The van der Waals surface area contributed by atoms with Crippen molar-refractivity contribution in [2.24, 2.45) is 5.73 Å². The lowest BCUT2D eigenvalue weighted by atomic mass is 10.0. The maximum absolute atomic E-state index is 14.1. The molecule has 0 aliphatic carbocycles. The number of aromatic nitrogens is 1. The lowest BCUT2D eigenvalue weighted by molar-refractivity contribution is -0.122. The molecule has 1 atom stereocenters. The molecule has 0 unspecified atom stereocenters. The smallest absolute Gasteiger partial charge is 0.273 e. The first-order chi connectivity index (χ1) is 18.3. The zero-order valence-corrected chi connectivity index (χ0v) is 21.6. The molecule has 13 heteroatoms. The fourth-order valence-electron chi connectivity index (χ4n) is 3.88. The number of carbonyl (C=O) groups is 3. The number of nitrogens with zero attached hydrogens (tertiary/aromatic N) is 2. The third-order valence-corrected chi connectivity index (χ3v) is 6.57. The number of nitrogens with one attached hydrogen (secondary N) is 1. The predicted molar refractivity (Wildman–Crippen MR) is 140 cm³/mol. The van der Waals surface area contributed by atoms with Gasteiger partial charge in [-0.2, -0.15) is 4.37 Å². The number of hydrogen-bond acceptors (Lipinski definition) is 10. The molecule has 2 heterocycles. The lowest BCUT2D eigenvalue weighted by Crippen LogP contribution is -2.44. The summed E-state index contributed by atoms with van der Waals surface area (Å²) >= 11 is 0.722. The summed E-state index contributed by atoms with van der Waals surface area (Å²) in [5, 5.41) is 2.81. The maximum atomic E-state index is 14.1. The number of methoxy groups -OCH3 is 2. The Labute approximate surface area is 222 Å². The van der Waals surface area contributed by atoms with Crippen molar-refractivity contribution in [1.29, 1.82) is 0 Å². The van der Waals surface area contributed by atoms with Crippen molar-refractivity contribution in [2.45, 2.75) is 6.04 Å². The van der Waals surface area contributed by atoms with Gasteiger partial charge in [0.1, 0.15) is 29.9 Å². The molecule has 4 rings (SSSR count). The summed E-state index contributed by atoms with van der Waals surface area (Å²) in [5.74, 6) is -0.517. The van der Waals surface area contributed by atoms with Gasteiger partial charge < -0.3 is 35.7 Å². The van der Waals surface area contributed by atoms with Crippen molar-refractivity contribution < 1.29 is 33.3 Å². The molecule has 5 N–H and O–H groups in total. The Hall–Kier alpha value is -4.36. The summed E-state index contributed by atoms with van der Waals surface area (Å²) in [6.45, 7) is 1.19. The van der Waals surface area contributed by atoms with Gasteiger partial charge in [-0.25, -0.2) is 0 Å². The number of hydrogen-bond donors (Lipinski definition) is 3. The molecular weight excluding hydrogens is 514 g/mol. The molecule has 200 valence electrons. The van der Waals surface area contributed by atoms with E-state index in [1.54, 1.807) is 42.5 Å². The fourth-order valence-corrected chi connectivity index (χ4v) is 4.62. The van der Waals surface area contributed by atoms with E-state index in [1.807, 2.05) is 0 Å². The average Bonchev–Trinajstić information content (AvgIpc) is 3.32. The predicted octanol–water partition coefficient (Wildman–Crippen LogP) is 1.75. The van der Waals surface area contributed by atoms with Gasteiger partial charge in [-0.3, -0.25) is 19.3 Å². The Morgan fingerprint density at radius 2 is 1.82 bits per heavy atom. The van der Waals surface area contributed by atoms with Crippen LogP contribution >= 0.6 is 11.5 Å². The minimum absolute atomic E-state index is 0.0445. The van der Waals surface area contributed by atoms with E-state index >= 15 is 0 Å². The van der Waals surface area contributed by atoms with E-state index in [4.69, 9.17) is 30.4 Å². The highest BCUT2D eigenvalue weighted by Gasteiger charge is 2.36. The topological polar surface area (TPSA) is 168 Å². The second-order valence-electron chi connectivity index (χ2n) is 8.10. The number of carbonyl (C=O) groups excluding carboxylic acids is 3. The molecule has 12 nitrogen and oxygen atoms in total. The molecule has 3 aromatic rings. The van der Waals surface area contributed by atoms with E-state index in [2.05, 4.69) is 9.69 Å². The fraction of sp³-hybridized carbons (Fsp3) is 0.280. The quantitative estimate of drug-likeness (QED) is 0.324. The number of benzene rings is 2. The van der Waals surface area contributed by atoms with Gasteiger partial charge in [0.05, 0.1) is 19.4 Å². The molecule has 0 radical (unpaired) electrons. The molecule has 0 spiro atoms. The Morgan fingerprint density at radius 3 is 2.45 bits per heavy atom. The zero-order chi connectivity index (χ0) is 27.2. The number of ether oxygens (including phenoxy) is 4. The highest BCUT2D eigenvalue weighted by atomic mass is 32.1.